The minimum absolute atomic E-state index is 0.0299. The number of carbonyl (C=O) groups excluding carboxylic acids is 2. The quantitative estimate of drug-likeness (QED) is 0.877. The van der Waals surface area contributed by atoms with Crippen molar-refractivity contribution in [2.45, 2.75) is 6.42 Å². The first-order valence-electron chi connectivity index (χ1n) is 6.63. The zero-order valence-electron chi connectivity index (χ0n) is 12.1. The molecule has 2 aromatic rings. The van der Waals surface area contributed by atoms with Gasteiger partial charge < -0.3 is 10.1 Å². The van der Waals surface area contributed by atoms with Gasteiger partial charge in [-0.05, 0) is 22.8 Å². The van der Waals surface area contributed by atoms with Crippen LogP contribution in [0.15, 0.2) is 48.5 Å². The van der Waals surface area contributed by atoms with E-state index in [1.165, 1.54) is 7.11 Å². The van der Waals surface area contributed by atoms with Crippen LogP contribution in [0.3, 0.4) is 0 Å². The van der Waals surface area contributed by atoms with Gasteiger partial charge in [0.25, 0.3) is 0 Å². The Hall–Kier alpha value is -2.62. The molecule has 0 aliphatic rings. The zero-order valence-corrected chi connectivity index (χ0v) is 12.1. The van der Waals surface area contributed by atoms with Gasteiger partial charge in [0.05, 0.1) is 19.1 Å². The molecule has 0 radical (unpaired) electrons. The highest BCUT2D eigenvalue weighted by molar-refractivity contribution is 5.97. The lowest BCUT2D eigenvalue weighted by Crippen LogP contribution is -2.19. The number of benzene rings is 2. The van der Waals surface area contributed by atoms with Gasteiger partial charge in [-0.15, -0.1) is 0 Å². The Morgan fingerprint density at radius 2 is 1.71 bits per heavy atom. The number of methoxy groups -OCH3 is 1. The van der Waals surface area contributed by atoms with Crippen LogP contribution in [0, 0.1) is 0 Å². The molecule has 0 bridgehead atoms. The Kier molecular flexibility index (Phi) is 4.72. The molecule has 1 N–H and O–H groups in total. The third-order valence-electron chi connectivity index (χ3n) is 3.24. The lowest BCUT2D eigenvalue weighted by Gasteiger charge is -2.08. The normalized spacial score (nSPS) is 10.0. The van der Waals surface area contributed by atoms with E-state index in [0.717, 1.165) is 16.7 Å². The summed E-state index contributed by atoms with van der Waals surface area (Å²) in [6.45, 7) is 0. The molecule has 0 aromatic heterocycles. The average Bonchev–Trinajstić information content (AvgIpc) is 2.54. The first kappa shape index (κ1) is 14.8. The van der Waals surface area contributed by atoms with Gasteiger partial charge in [-0.1, -0.05) is 42.5 Å². The molecule has 4 heteroatoms. The van der Waals surface area contributed by atoms with Crippen molar-refractivity contribution in [1.82, 2.24) is 5.32 Å². The Labute approximate surface area is 123 Å². The fourth-order valence-corrected chi connectivity index (χ4v) is 2.10. The molecule has 0 heterocycles. The molecule has 21 heavy (non-hydrogen) atoms. The van der Waals surface area contributed by atoms with E-state index < -0.39 is 0 Å². The van der Waals surface area contributed by atoms with Crippen molar-refractivity contribution < 1.29 is 14.3 Å². The lowest BCUT2D eigenvalue weighted by molar-refractivity contribution is -0.119. The molecule has 0 spiro atoms. The van der Waals surface area contributed by atoms with Gasteiger partial charge in [-0.25, -0.2) is 4.79 Å². The fourth-order valence-electron chi connectivity index (χ4n) is 2.10. The molecule has 0 unspecified atom stereocenters. The van der Waals surface area contributed by atoms with Crippen LogP contribution in [0.25, 0.3) is 11.1 Å². The van der Waals surface area contributed by atoms with Crippen molar-refractivity contribution in [2.24, 2.45) is 0 Å². The predicted molar refractivity (Wildman–Crippen MR) is 81.0 cm³/mol. The van der Waals surface area contributed by atoms with Crippen LogP contribution in [-0.4, -0.2) is 26.0 Å². The van der Waals surface area contributed by atoms with Gasteiger partial charge in [0, 0.05) is 7.05 Å². The second-order valence-corrected chi connectivity index (χ2v) is 4.58. The Morgan fingerprint density at radius 1 is 1.05 bits per heavy atom. The van der Waals surface area contributed by atoms with Gasteiger partial charge in [-0.3, -0.25) is 4.79 Å². The SMILES string of the molecule is CNC(=O)Cc1ccc(-c2ccccc2C(=O)OC)cc1. The Balaban J connectivity index is 2.31. The lowest BCUT2D eigenvalue weighted by atomic mass is 9.98. The number of hydrogen-bond acceptors (Lipinski definition) is 3. The van der Waals surface area contributed by atoms with E-state index in [0.29, 0.717) is 12.0 Å². The van der Waals surface area contributed by atoms with Crippen LogP contribution in [0.1, 0.15) is 15.9 Å². The van der Waals surface area contributed by atoms with E-state index in [9.17, 15) is 9.59 Å². The molecule has 1 amide bonds. The van der Waals surface area contributed by atoms with E-state index >= 15 is 0 Å². The van der Waals surface area contributed by atoms with E-state index in [1.807, 2.05) is 36.4 Å². The maximum Gasteiger partial charge on any atom is 0.338 e. The summed E-state index contributed by atoms with van der Waals surface area (Å²) in [6, 6.07) is 14.9. The smallest absolute Gasteiger partial charge is 0.338 e. The number of esters is 1. The minimum atomic E-state index is -0.361. The van der Waals surface area contributed by atoms with E-state index in [1.54, 1.807) is 19.2 Å². The molecule has 0 saturated heterocycles. The summed E-state index contributed by atoms with van der Waals surface area (Å²) in [5.74, 6) is -0.391. The summed E-state index contributed by atoms with van der Waals surface area (Å²) in [5.41, 5.74) is 3.18. The van der Waals surface area contributed by atoms with Gasteiger partial charge in [0.1, 0.15) is 0 Å². The molecule has 4 nitrogen and oxygen atoms in total. The highest BCUT2D eigenvalue weighted by Gasteiger charge is 2.12. The van der Waals surface area contributed by atoms with E-state index in [-0.39, 0.29) is 11.9 Å². The van der Waals surface area contributed by atoms with Gasteiger partial charge in [0.15, 0.2) is 0 Å². The third kappa shape index (κ3) is 3.48. The maximum absolute atomic E-state index is 11.8. The number of amides is 1. The number of likely N-dealkylation sites (N-methyl/N-ethyl adjacent to an activating group) is 1. The van der Waals surface area contributed by atoms with Crippen LogP contribution in [0.4, 0.5) is 0 Å². The Morgan fingerprint density at radius 3 is 2.33 bits per heavy atom. The number of nitrogens with one attached hydrogen (secondary N) is 1. The second-order valence-electron chi connectivity index (χ2n) is 4.58. The molecule has 2 rings (SSSR count). The van der Waals surface area contributed by atoms with Gasteiger partial charge in [-0.2, -0.15) is 0 Å². The third-order valence-corrected chi connectivity index (χ3v) is 3.24. The van der Waals surface area contributed by atoms with Crippen molar-refractivity contribution in [1.29, 1.82) is 0 Å². The summed E-state index contributed by atoms with van der Waals surface area (Å²) in [4.78, 5) is 23.1. The van der Waals surface area contributed by atoms with E-state index in [2.05, 4.69) is 5.32 Å². The first-order chi connectivity index (χ1) is 10.2. The summed E-state index contributed by atoms with van der Waals surface area (Å²) in [7, 11) is 2.98. The molecule has 0 aliphatic carbocycles. The molecule has 2 aromatic carbocycles. The number of ether oxygens (including phenoxy) is 1. The van der Waals surface area contributed by atoms with Crippen molar-refractivity contribution in [3.8, 4) is 11.1 Å². The van der Waals surface area contributed by atoms with Crippen molar-refractivity contribution in [2.75, 3.05) is 14.2 Å². The van der Waals surface area contributed by atoms with E-state index in [4.69, 9.17) is 4.74 Å². The largest absolute Gasteiger partial charge is 0.465 e. The molecule has 0 atom stereocenters. The topological polar surface area (TPSA) is 55.4 Å². The summed E-state index contributed by atoms with van der Waals surface area (Å²) < 4.78 is 4.80. The highest BCUT2D eigenvalue weighted by Crippen LogP contribution is 2.24. The van der Waals surface area contributed by atoms with Crippen LogP contribution < -0.4 is 5.32 Å². The summed E-state index contributed by atoms with van der Waals surface area (Å²) in [6.07, 6.45) is 0.343. The fraction of sp³-hybridized carbons (Fsp3) is 0.176. The molecular weight excluding hydrogens is 266 g/mol. The number of rotatable bonds is 4. The van der Waals surface area contributed by atoms with Crippen LogP contribution in [0.2, 0.25) is 0 Å². The van der Waals surface area contributed by atoms with Crippen LogP contribution in [0.5, 0.6) is 0 Å². The monoisotopic (exact) mass is 283 g/mol. The summed E-state index contributed by atoms with van der Waals surface area (Å²) >= 11 is 0. The second kappa shape index (κ2) is 6.70. The highest BCUT2D eigenvalue weighted by atomic mass is 16.5. The molecule has 0 saturated carbocycles. The van der Waals surface area contributed by atoms with Crippen molar-refractivity contribution in [3.05, 3.63) is 59.7 Å². The summed E-state index contributed by atoms with van der Waals surface area (Å²) in [5, 5.41) is 2.59. The molecule has 0 aliphatic heterocycles. The predicted octanol–water partition coefficient (Wildman–Crippen LogP) is 2.43. The maximum atomic E-state index is 11.8. The number of carbonyl (C=O) groups is 2. The van der Waals surface area contributed by atoms with Crippen LogP contribution in [-0.2, 0) is 16.0 Å². The average molecular weight is 283 g/mol. The molecule has 108 valence electrons. The van der Waals surface area contributed by atoms with Gasteiger partial charge in [0.2, 0.25) is 5.91 Å². The van der Waals surface area contributed by atoms with Crippen molar-refractivity contribution in [3.63, 3.8) is 0 Å². The number of hydrogen-bond donors (Lipinski definition) is 1. The standard InChI is InChI=1S/C17H17NO3/c1-18-16(19)11-12-7-9-13(10-8-12)14-5-3-4-6-15(14)17(20)21-2/h3-10H,11H2,1-2H3,(H,18,19). The minimum Gasteiger partial charge on any atom is -0.465 e. The molecular formula is C17H17NO3. The molecule has 0 fully saturated rings. The zero-order chi connectivity index (χ0) is 15.2. The van der Waals surface area contributed by atoms with Crippen molar-refractivity contribution >= 4 is 11.9 Å². The Bertz CT molecular complexity index is 647. The first-order valence-corrected chi connectivity index (χ1v) is 6.63. The van der Waals surface area contributed by atoms with Gasteiger partial charge >= 0.3 is 5.97 Å². The van der Waals surface area contributed by atoms with Crippen LogP contribution >= 0.6 is 0 Å².